The van der Waals surface area contributed by atoms with Crippen LogP contribution in [0.1, 0.15) is 17.0 Å². The summed E-state index contributed by atoms with van der Waals surface area (Å²) in [6.45, 7) is 0. The van der Waals surface area contributed by atoms with Gasteiger partial charge < -0.3 is 4.74 Å². The van der Waals surface area contributed by atoms with Crippen molar-refractivity contribution in [3.63, 3.8) is 0 Å². The highest BCUT2D eigenvalue weighted by atomic mass is 16.5. The number of benzene rings is 4. The molecule has 1 heteroatoms. The minimum atomic E-state index is 0.212. The summed E-state index contributed by atoms with van der Waals surface area (Å²) in [7, 11) is 0. The van der Waals surface area contributed by atoms with Gasteiger partial charge in [-0.3, -0.25) is 0 Å². The van der Waals surface area contributed by atoms with Gasteiger partial charge in [-0.1, -0.05) is 72.8 Å². The van der Waals surface area contributed by atoms with Crippen molar-refractivity contribution < 1.29 is 4.74 Å². The Morgan fingerprint density at radius 3 is 2.33 bits per heavy atom. The molecule has 114 valence electrons. The predicted octanol–water partition coefficient (Wildman–Crippen LogP) is 6.03. The molecule has 0 amide bonds. The van der Waals surface area contributed by atoms with E-state index in [1.54, 1.807) is 0 Å². The quantitative estimate of drug-likeness (QED) is 0.417. The Morgan fingerprint density at radius 2 is 1.42 bits per heavy atom. The zero-order valence-corrected chi connectivity index (χ0v) is 13.1. The van der Waals surface area contributed by atoms with Crippen molar-refractivity contribution in [2.75, 3.05) is 0 Å². The zero-order valence-electron chi connectivity index (χ0n) is 13.1. The van der Waals surface area contributed by atoms with E-state index in [9.17, 15) is 0 Å². The van der Waals surface area contributed by atoms with Crippen molar-refractivity contribution in [2.24, 2.45) is 0 Å². The van der Waals surface area contributed by atoms with E-state index in [-0.39, 0.29) is 5.92 Å². The topological polar surface area (TPSA) is 9.23 Å². The van der Waals surface area contributed by atoms with Crippen LogP contribution in [-0.2, 0) is 0 Å². The maximum atomic E-state index is 5.79. The maximum Gasteiger partial charge on any atom is 0.131 e. The fraction of sp³-hybridized carbons (Fsp3) is 0.0435. The summed E-state index contributed by atoms with van der Waals surface area (Å²) >= 11 is 0. The van der Waals surface area contributed by atoms with E-state index < -0.39 is 0 Å². The average molecular weight is 308 g/mol. The van der Waals surface area contributed by atoms with Crippen LogP contribution >= 0.6 is 0 Å². The minimum Gasteiger partial charge on any atom is -0.465 e. The van der Waals surface area contributed by atoms with E-state index in [0.717, 1.165) is 5.75 Å². The summed E-state index contributed by atoms with van der Waals surface area (Å²) in [5.74, 6) is 1.17. The Morgan fingerprint density at radius 1 is 0.667 bits per heavy atom. The third-order valence-corrected chi connectivity index (χ3v) is 4.84. The lowest BCUT2D eigenvalue weighted by Gasteiger charge is -2.23. The van der Waals surface area contributed by atoms with Crippen LogP contribution in [0.3, 0.4) is 0 Å². The molecule has 0 bridgehead atoms. The molecule has 0 unspecified atom stereocenters. The van der Waals surface area contributed by atoms with Crippen molar-refractivity contribution in [3.8, 4) is 5.75 Å². The molecule has 0 fully saturated rings. The van der Waals surface area contributed by atoms with Gasteiger partial charge in [0.05, 0.1) is 6.26 Å². The molecule has 0 saturated carbocycles. The SMILES string of the molecule is C1=C[C@H](c2ccc3ccccc3c2)c2c(ccc3ccccc23)O1. The fourth-order valence-corrected chi connectivity index (χ4v) is 3.67. The molecule has 1 aliphatic heterocycles. The summed E-state index contributed by atoms with van der Waals surface area (Å²) in [6.07, 6.45) is 3.97. The van der Waals surface area contributed by atoms with Gasteiger partial charge in [-0.05, 0) is 39.3 Å². The van der Waals surface area contributed by atoms with Crippen LogP contribution in [0.5, 0.6) is 5.75 Å². The number of hydrogen-bond donors (Lipinski definition) is 0. The van der Waals surface area contributed by atoms with Crippen LogP contribution in [0.15, 0.2) is 91.2 Å². The van der Waals surface area contributed by atoms with E-state index in [2.05, 4.69) is 84.9 Å². The molecule has 4 aromatic carbocycles. The molecule has 1 atom stereocenters. The zero-order chi connectivity index (χ0) is 15.9. The molecular formula is C23H16O. The second-order valence-corrected chi connectivity index (χ2v) is 6.23. The van der Waals surface area contributed by atoms with Crippen LogP contribution in [0.4, 0.5) is 0 Å². The number of ether oxygens (including phenoxy) is 1. The summed E-state index contributed by atoms with van der Waals surface area (Å²) in [5.41, 5.74) is 2.55. The van der Waals surface area contributed by atoms with Crippen molar-refractivity contribution in [2.45, 2.75) is 5.92 Å². The molecule has 24 heavy (non-hydrogen) atoms. The summed E-state index contributed by atoms with van der Waals surface area (Å²) in [4.78, 5) is 0. The number of allylic oxidation sites excluding steroid dienone is 1. The van der Waals surface area contributed by atoms with Crippen LogP contribution in [0.25, 0.3) is 21.5 Å². The van der Waals surface area contributed by atoms with E-state index in [1.165, 1.54) is 32.7 Å². The summed E-state index contributed by atoms with van der Waals surface area (Å²) in [6, 6.07) is 28.0. The number of fused-ring (bicyclic) bond motifs is 4. The lowest BCUT2D eigenvalue weighted by molar-refractivity contribution is 0.460. The van der Waals surface area contributed by atoms with Gasteiger partial charge in [0.1, 0.15) is 5.75 Å². The predicted molar refractivity (Wildman–Crippen MR) is 99.5 cm³/mol. The van der Waals surface area contributed by atoms with Gasteiger partial charge in [0.15, 0.2) is 0 Å². The molecule has 0 saturated heterocycles. The van der Waals surface area contributed by atoms with E-state index in [4.69, 9.17) is 4.74 Å². The van der Waals surface area contributed by atoms with Crippen molar-refractivity contribution in [1.29, 1.82) is 0 Å². The molecule has 0 radical (unpaired) electrons. The normalized spacial score (nSPS) is 16.1. The van der Waals surface area contributed by atoms with E-state index >= 15 is 0 Å². The summed E-state index contributed by atoms with van der Waals surface area (Å²) < 4.78 is 5.79. The Hall–Kier alpha value is -3.06. The second-order valence-electron chi connectivity index (χ2n) is 6.23. The van der Waals surface area contributed by atoms with Gasteiger partial charge in [-0.2, -0.15) is 0 Å². The smallest absolute Gasteiger partial charge is 0.131 e. The van der Waals surface area contributed by atoms with Crippen LogP contribution in [0.2, 0.25) is 0 Å². The van der Waals surface area contributed by atoms with Crippen LogP contribution in [-0.4, -0.2) is 0 Å². The van der Waals surface area contributed by atoms with E-state index in [1.807, 2.05) is 6.26 Å². The van der Waals surface area contributed by atoms with Gasteiger partial charge in [-0.25, -0.2) is 0 Å². The monoisotopic (exact) mass is 308 g/mol. The minimum absolute atomic E-state index is 0.212. The standard InChI is InChI=1S/C23H16O/c1-2-7-18-15-19(10-9-16(18)5-1)21-13-14-24-22-12-11-17-6-3-4-8-20(17)23(21)22/h1-15,21H/t21-/m1/s1. The van der Waals surface area contributed by atoms with Crippen molar-refractivity contribution in [1.82, 2.24) is 0 Å². The lowest BCUT2D eigenvalue weighted by atomic mass is 9.85. The molecule has 5 rings (SSSR count). The Balaban J connectivity index is 1.76. The third-order valence-electron chi connectivity index (χ3n) is 4.84. The highest BCUT2D eigenvalue weighted by Crippen LogP contribution is 2.41. The van der Waals surface area contributed by atoms with Gasteiger partial charge in [0.25, 0.3) is 0 Å². The van der Waals surface area contributed by atoms with Crippen LogP contribution < -0.4 is 4.74 Å². The molecule has 0 spiro atoms. The molecule has 4 aromatic rings. The average Bonchev–Trinajstić information content (AvgIpc) is 2.67. The Labute approximate surface area is 140 Å². The summed E-state index contributed by atoms with van der Waals surface area (Å²) in [5, 5.41) is 5.06. The van der Waals surface area contributed by atoms with E-state index in [0.29, 0.717) is 0 Å². The first-order valence-electron chi connectivity index (χ1n) is 8.24. The van der Waals surface area contributed by atoms with Crippen LogP contribution in [0, 0.1) is 0 Å². The van der Waals surface area contributed by atoms with Crippen molar-refractivity contribution >= 4 is 21.5 Å². The second kappa shape index (κ2) is 5.24. The fourth-order valence-electron chi connectivity index (χ4n) is 3.67. The first-order chi connectivity index (χ1) is 11.9. The molecular weight excluding hydrogens is 292 g/mol. The first-order valence-corrected chi connectivity index (χ1v) is 8.24. The number of hydrogen-bond acceptors (Lipinski definition) is 1. The Bertz CT molecular complexity index is 1090. The molecule has 1 aliphatic rings. The number of rotatable bonds is 1. The van der Waals surface area contributed by atoms with Gasteiger partial charge in [-0.15, -0.1) is 0 Å². The molecule has 1 heterocycles. The lowest BCUT2D eigenvalue weighted by Crippen LogP contribution is -2.06. The molecule has 1 nitrogen and oxygen atoms in total. The Kier molecular flexibility index (Phi) is 2.92. The highest BCUT2D eigenvalue weighted by molar-refractivity contribution is 5.90. The maximum absolute atomic E-state index is 5.79. The van der Waals surface area contributed by atoms with Gasteiger partial charge >= 0.3 is 0 Å². The molecule has 0 aliphatic carbocycles. The van der Waals surface area contributed by atoms with Crippen molar-refractivity contribution in [3.05, 3.63) is 102 Å². The molecule has 0 aromatic heterocycles. The van der Waals surface area contributed by atoms with Gasteiger partial charge in [0.2, 0.25) is 0 Å². The largest absolute Gasteiger partial charge is 0.465 e. The first kappa shape index (κ1) is 13.4. The van der Waals surface area contributed by atoms with Gasteiger partial charge in [0, 0.05) is 11.5 Å². The molecule has 0 N–H and O–H groups in total. The highest BCUT2D eigenvalue weighted by Gasteiger charge is 2.22. The third kappa shape index (κ3) is 2.02.